The highest BCUT2D eigenvalue weighted by atomic mass is 16.4. The van der Waals surface area contributed by atoms with Crippen LogP contribution in [0.2, 0.25) is 0 Å². The van der Waals surface area contributed by atoms with Crippen LogP contribution in [0.25, 0.3) is 11.3 Å². The maximum atomic E-state index is 12.8. The standard InChI is InChI=1S/C20H18N4O4/c1-12-23-16(14-7-9-22-10-8-14)18(28-12)20(27)24-15(17(25)19(21)26)11-13-5-3-2-4-6-13/h2-10,15H,11H2,1H3,(H2,21,26)(H,24,27). The number of carbonyl (C=O) groups excluding carboxylic acids is 3. The number of aromatic nitrogens is 2. The molecule has 0 saturated carbocycles. The lowest BCUT2D eigenvalue weighted by molar-refractivity contribution is -0.137. The average molecular weight is 378 g/mol. The molecule has 1 aromatic carbocycles. The lowest BCUT2D eigenvalue weighted by Gasteiger charge is -2.16. The minimum absolute atomic E-state index is 0.0565. The molecule has 1 unspecified atom stereocenters. The van der Waals surface area contributed by atoms with Gasteiger partial charge in [-0.25, -0.2) is 4.98 Å². The van der Waals surface area contributed by atoms with Gasteiger partial charge in [0.15, 0.2) is 5.89 Å². The predicted octanol–water partition coefficient (Wildman–Crippen LogP) is 1.44. The molecule has 2 amide bonds. The van der Waals surface area contributed by atoms with Crippen LogP contribution in [0.4, 0.5) is 0 Å². The summed E-state index contributed by atoms with van der Waals surface area (Å²) in [5.41, 5.74) is 6.88. The summed E-state index contributed by atoms with van der Waals surface area (Å²) in [5, 5.41) is 2.55. The van der Waals surface area contributed by atoms with Crippen molar-refractivity contribution in [1.29, 1.82) is 0 Å². The van der Waals surface area contributed by atoms with Gasteiger partial charge in [-0.1, -0.05) is 30.3 Å². The number of amides is 2. The molecule has 142 valence electrons. The summed E-state index contributed by atoms with van der Waals surface area (Å²) >= 11 is 0. The number of nitrogens with one attached hydrogen (secondary N) is 1. The van der Waals surface area contributed by atoms with E-state index < -0.39 is 23.6 Å². The lowest BCUT2D eigenvalue weighted by atomic mass is 10.0. The number of hydrogen-bond acceptors (Lipinski definition) is 6. The van der Waals surface area contributed by atoms with Crippen molar-refractivity contribution in [3.63, 3.8) is 0 Å². The molecule has 0 radical (unpaired) electrons. The number of nitrogens with two attached hydrogens (primary N) is 1. The topological polar surface area (TPSA) is 128 Å². The minimum Gasteiger partial charge on any atom is -0.435 e. The molecule has 0 spiro atoms. The van der Waals surface area contributed by atoms with E-state index in [-0.39, 0.29) is 18.1 Å². The van der Waals surface area contributed by atoms with Gasteiger partial charge in [-0.05, 0) is 17.7 Å². The number of benzene rings is 1. The molecule has 2 heterocycles. The van der Waals surface area contributed by atoms with Gasteiger partial charge < -0.3 is 15.5 Å². The van der Waals surface area contributed by atoms with Gasteiger partial charge in [0.25, 0.3) is 11.8 Å². The fourth-order valence-corrected chi connectivity index (χ4v) is 2.74. The summed E-state index contributed by atoms with van der Waals surface area (Å²) in [6, 6.07) is 11.2. The van der Waals surface area contributed by atoms with E-state index in [1.807, 2.05) is 6.07 Å². The quantitative estimate of drug-likeness (QED) is 0.599. The zero-order valence-corrected chi connectivity index (χ0v) is 15.1. The molecule has 8 heteroatoms. The van der Waals surface area contributed by atoms with Gasteiger partial charge >= 0.3 is 0 Å². The maximum Gasteiger partial charge on any atom is 0.290 e. The number of pyridine rings is 1. The first-order chi connectivity index (χ1) is 13.5. The summed E-state index contributed by atoms with van der Waals surface area (Å²) < 4.78 is 5.45. The third kappa shape index (κ3) is 4.29. The monoisotopic (exact) mass is 378 g/mol. The van der Waals surface area contributed by atoms with Crippen molar-refractivity contribution in [2.45, 2.75) is 19.4 Å². The number of hydrogen-bond donors (Lipinski definition) is 2. The van der Waals surface area contributed by atoms with E-state index in [0.29, 0.717) is 11.3 Å². The van der Waals surface area contributed by atoms with Crippen molar-refractivity contribution < 1.29 is 18.8 Å². The largest absolute Gasteiger partial charge is 0.435 e. The normalized spacial score (nSPS) is 11.6. The van der Waals surface area contributed by atoms with Gasteiger partial charge in [-0.3, -0.25) is 19.4 Å². The predicted molar refractivity (Wildman–Crippen MR) is 100 cm³/mol. The van der Waals surface area contributed by atoms with E-state index in [4.69, 9.17) is 10.2 Å². The van der Waals surface area contributed by atoms with Gasteiger partial charge in [-0.2, -0.15) is 0 Å². The van der Waals surface area contributed by atoms with Crippen molar-refractivity contribution in [3.8, 4) is 11.3 Å². The van der Waals surface area contributed by atoms with Crippen molar-refractivity contribution in [2.75, 3.05) is 0 Å². The van der Waals surface area contributed by atoms with Gasteiger partial charge in [-0.15, -0.1) is 0 Å². The number of aryl methyl sites for hydroxylation is 1. The smallest absolute Gasteiger partial charge is 0.290 e. The van der Waals surface area contributed by atoms with Crippen LogP contribution in [-0.2, 0) is 16.0 Å². The molecule has 0 aliphatic carbocycles. The number of ketones is 1. The van der Waals surface area contributed by atoms with Crippen LogP contribution >= 0.6 is 0 Å². The van der Waals surface area contributed by atoms with Crippen LogP contribution in [0.5, 0.6) is 0 Å². The second kappa shape index (κ2) is 8.26. The van der Waals surface area contributed by atoms with E-state index in [2.05, 4.69) is 15.3 Å². The van der Waals surface area contributed by atoms with Crippen LogP contribution in [0.1, 0.15) is 22.0 Å². The molecule has 1 atom stereocenters. The second-order valence-corrected chi connectivity index (χ2v) is 6.09. The first-order valence-electron chi connectivity index (χ1n) is 8.52. The SMILES string of the molecule is Cc1nc(-c2ccncc2)c(C(=O)NC(Cc2ccccc2)C(=O)C(N)=O)o1. The number of nitrogens with zero attached hydrogens (tertiary/aromatic N) is 2. The summed E-state index contributed by atoms with van der Waals surface area (Å²) in [5.74, 6) is -2.44. The Labute approximate surface area is 160 Å². The van der Waals surface area contributed by atoms with E-state index >= 15 is 0 Å². The fraction of sp³-hybridized carbons (Fsp3) is 0.150. The van der Waals surface area contributed by atoms with Crippen LogP contribution in [0.15, 0.2) is 59.3 Å². The lowest BCUT2D eigenvalue weighted by Crippen LogP contribution is -2.47. The Kier molecular flexibility index (Phi) is 5.59. The van der Waals surface area contributed by atoms with Crippen molar-refractivity contribution in [2.24, 2.45) is 5.73 Å². The maximum absolute atomic E-state index is 12.8. The Balaban J connectivity index is 1.88. The summed E-state index contributed by atoms with van der Waals surface area (Å²) in [7, 11) is 0. The molecular formula is C20H18N4O4. The number of carbonyl (C=O) groups is 3. The molecule has 28 heavy (non-hydrogen) atoms. The minimum atomic E-state index is -1.12. The van der Waals surface area contributed by atoms with Gasteiger partial charge in [0.2, 0.25) is 11.5 Å². The summed E-state index contributed by atoms with van der Waals surface area (Å²) in [6.07, 6.45) is 3.25. The van der Waals surface area contributed by atoms with Crippen molar-refractivity contribution in [1.82, 2.24) is 15.3 Å². The van der Waals surface area contributed by atoms with E-state index in [0.717, 1.165) is 5.56 Å². The average Bonchev–Trinajstić information content (AvgIpc) is 3.10. The highest BCUT2D eigenvalue weighted by Gasteiger charge is 2.29. The van der Waals surface area contributed by atoms with Crippen molar-refractivity contribution in [3.05, 3.63) is 72.1 Å². The third-order valence-corrected chi connectivity index (χ3v) is 4.04. The molecule has 0 saturated heterocycles. The zero-order valence-electron chi connectivity index (χ0n) is 15.1. The summed E-state index contributed by atoms with van der Waals surface area (Å²) in [6.45, 7) is 1.61. The fourth-order valence-electron chi connectivity index (χ4n) is 2.74. The molecule has 0 fully saturated rings. The van der Waals surface area contributed by atoms with Gasteiger partial charge in [0.1, 0.15) is 11.7 Å². The molecule has 3 N–H and O–H groups in total. The molecule has 3 rings (SSSR count). The number of rotatable bonds is 7. The number of Topliss-reactive ketones (excluding diaryl/α,β-unsaturated/α-hetero) is 1. The van der Waals surface area contributed by atoms with Crippen LogP contribution in [-0.4, -0.2) is 33.6 Å². The molecule has 0 bridgehead atoms. The molecule has 0 aliphatic heterocycles. The molecule has 0 aliphatic rings. The van der Waals surface area contributed by atoms with E-state index in [9.17, 15) is 14.4 Å². The third-order valence-electron chi connectivity index (χ3n) is 4.04. The molecular weight excluding hydrogens is 360 g/mol. The Hall–Kier alpha value is -3.81. The highest BCUT2D eigenvalue weighted by molar-refractivity contribution is 6.38. The molecule has 3 aromatic rings. The first kappa shape index (κ1) is 19.0. The van der Waals surface area contributed by atoms with Crippen molar-refractivity contribution >= 4 is 17.6 Å². The van der Waals surface area contributed by atoms with Gasteiger partial charge in [0.05, 0.1) is 0 Å². The Bertz CT molecular complexity index is 1000. The Morgan fingerprint density at radius 2 is 1.79 bits per heavy atom. The highest BCUT2D eigenvalue weighted by Crippen LogP contribution is 2.23. The van der Waals surface area contributed by atoms with E-state index in [1.54, 1.807) is 55.7 Å². The molecule has 2 aromatic heterocycles. The first-order valence-corrected chi connectivity index (χ1v) is 8.52. The number of primary amides is 1. The Morgan fingerprint density at radius 3 is 2.43 bits per heavy atom. The van der Waals surface area contributed by atoms with Crippen LogP contribution in [0, 0.1) is 6.92 Å². The Morgan fingerprint density at radius 1 is 1.11 bits per heavy atom. The second-order valence-electron chi connectivity index (χ2n) is 6.09. The van der Waals surface area contributed by atoms with Gasteiger partial charge in [0, 0.05) is 31.3 Å². The van der Waals surface area contributed by atoms with Crippen LogP contribution in [0.3, 0.4) is 0 Å². The summed E-state index contributed by atoms with van der Waals surface area (Å²) in [4.78, 5) is 44.6. The van der Waals surface area contributed by atoms with E-state index in [1.165, 1.54) is 0 Å². The zero-order chi connectivity index (χ0) is 20.1. The van der Waals surface area contributed by atoms with Crippen LogP contribution < -0.4 is 11.1 Å². The molecule has 8 nitrogen and oxygen atoms in total. The number of oxazole rings is 1.